The molecule has 0 aliphatic carbocycles. The molecule has 1 fully saturated rings. The van der Waals surface area contributed by atoms with Crippen LogP contribution in [0, 0.1) is 11.3 Å². The number of nitrogens with zero attached hydrogens (tertiary/aromatic N) is 1. The molecule has 33 heavy (non-hydrogen) atoms. The molecule has 178 valence electrons. The van der Waals surface area contributed by atoms with Crippen LogP contribution in [0.1, 0.15) is 37.3 Å². The zero-order valence-corrected chi connectivity index (χ0v) is 23.2. The molecule has 8 heteroatoms. The molecule has 1 heterocycles. The smallest absolute Gasteiger partial charge is 0.229 e. The van der Waals surface area contributed by atoms with Crippen LogP contribution in [0.3, 0.4) is 0 Å². The van der Waals surface area contributed by atoms with E-state index in [1.807, 2.05) is 37.4 Å². The summed E-state index contributed by atoms with van der Waals surface area (Å²) in [6, 6.07) is 16.3. The Kier molecular flexibility index (Phi) is 10.0. The number of aliphatic hydroxyl groups is 1. The fourth-order valence-electron chi connectivity index (χ4n) is 4.71. The predicted octanol–water partition coefficient (Wildman–Crippen LogP) is 5.68. The number of benzene rings is 2. The van der Waals surface area contributed by atoms with Gasteiger partial charge in [0.1, 0.15) is 6.29 Å². The standard InChI is InChI=1S/C25H33Cl2NO3Si2/c1-25(2,24(30-32-3)31-33-4)13-23(29)20-16-28(14-17-8-6-5-7-9-17)15-19(20)18-10-11-21(26)22(27)12-18/h5-12,19-20,23-24,29H,13-16H2,1-4H3/t19-,20-,23-/m1/s1. The van der Waals surface area contributed by atoms with Crippen molar-refractivity contribution in [1.82, 2.24) is 4.90 Å². The first-order chi connectivity index (χ1) is 15.7. The Labute approximate surface area is 213 Å². The Morgan fingerprint density at radius 1 is 1.03 bits per heavy atom. The van der Waals surface area contributed by atoms with E-state index >= 15 is 0 Å². The van der Waals surface area contributed by atoms with Crippen molar-refractivity contribution in [2.75, 3.05) is 13.1 Å². The Morgan fingerprint density at radius 3 is 2.30 bits per heavy atom. The van der Waals surface area contributed by atoms with Crippen molar-refractivity contribution in [3.05, 3.63) is 69.7 Å². The second-order valence-electron chi connectivity index (χ2n) is 9.36. The molecule has 3 rings (SSSR count). The minimum Gasteiger partial charge on any atom is -0.394 e. The lowest BCUT2D eigenvalue weighted by molar-refractivity contribution is -0.100. The number of hydrogen-bond acceptors (Lipinski definition) is 4. The predicted molar refractivity (Wildman–Crippen MR) is 138 cm³/mol. The van der Waals surface area contributed by atoms with Crippen LogP contribution in [-0.4, -0.2) is 55.0 Å². The Hall–Kier alpha value is -0.706. The van der Waals surface area contributed by atoms with Gasteiger partial charge in [-0.25, -0.2) is 0 Å². The van der Waals surface area contributed by atoms with Crippen LogP contribution in [0.4, 0.5) is 0 Å². The number of aliphatic hydroxyl groups excluding tert-OH is 1. The van der Waals surface area contributed by atoms with E-state index in [0.717, 1.165) is 25.2 Å². The maximum absolute atomic E-state index is 11.5. The summed E-state index contributed by atoms with van der Waals surface area (Å²) in [6.07, 6.45) is -0.242. The molecule has 0 bridgehead atoms. The topological polar surface area (TPSA) is 41.9 Å². The summed E-state index contributed by atoms with van der Waals surface area (Å²) in [7, 11) is 0.675. The third-order valence-electron chi connectivity index (χ3n) is 6.38. The van der Waals surface area contributed by atoms with Crippen LogP contribution in [-0.2, 0) is 15.4 Å². The highest BCUT2D eigenvalue weighted by Crippen LogP contribution is 2.41. The summed E-state index contributed by atoms with van der Waals surface area (Å²) in [5.41, 5.74) is 2.08. The minimum absolute atomic E-state index is 0.0685. The molecule has 1 N–H and O–H groups in total. The van der Waals surface area contributed by atoms with Crippen LogP contribution >= 0.6 is 23.2 Å². The molecule has 2 aromatic carbocycles. The number of rotatable bonds is 11. The molecule has 0 saturated carbocycles. The van der Waals surface area contributed by atoms with E-state index in [0.29, 0.717) is 36.0 Å². The fraction of sp³-hybridized carbons (Fsp3) is 0.520. The summed E-state index contributed by atoms with van der Waals surface area (Å²) in [5.74, 6) is 0.231. The van der Waals surface area contributed by atoms with Gasteiger partial charge in [0, 0.05) is 36.9 Å². The van der Waals surface area contributed by atoms with Crippen molar-refractivity contribution in [3.63, 3.8) is 0 Å². The van der Waals surface area contributed by atoms with Gasteiger partial charge in [0.25, 0.3) is 0 Å². The summed E-state index contributed by atoms with van der Waals surface area (Å²) >= 11 is 12.5. The van der Waals surface area contributed by atoms with Crippen molar-refractivity contribution in [2.24, 2.45) is 11.3 Å². The number of likely N-dealkylation sites (tertiary alicyclic amines) is 1. The second-order valence-corrected chi connectivity index (χ2v) is 11.5. The van der Waals surface area contributed by atoms with Crippen molar-refractivity contribution in [3.8, 4) is 0 Å². The first kappa shape index (κ1) is 26.9. The molecule has 0 amide bonds. The monoisotopic (exact) mass is 521 g/mol. The first-order valence-corrected chi connectivity index (χ1v) is 14.9. The third kappa shape index (κ3) is 7.15. The molecule has 1 aliphatic rings. The van der Waals surface area contributed by atoms with Gasteiger partial charge in [-0.2, -0.15) is 0 Å². The minimum atomic E-state index is -0.504. The van der Waals surface area contributed by atoms with Gasteiger partial charge in [-0.15, -0.1) is 0 Å². The average Bonchev–Trinajstić information content (AvgIpc) is 3.20. The summed E-state index contributed by atoms with van der Waals surface area (Å²) in [4.78, 5) is 2.43. The largest absolute Gasteiger partial charge is 0.394 e. The maximum Gasteiger partial charge on any atom is 0.229 e. The second kappa shape index (κ2) is 12.3. The highest BCUT2D eigenvalue weighted by Gasteiger charge is 2.42. The van der Waals surface area contributed by atoms with Gasteiger partial charge >= 0.3 is 0 Å². The van der Waals surface area contributed by atoms with E-state index < -0.39 is 6.10 Å². The van der Waals surface area contributed by atoms with Crippen LogP contribution in [0.2, 0.25) is 23.1 Å². The first-order valence-electron chi connectivity index (χ1n) is 11.3. The number of halogens is 2. The average molecular weight is 523 g/mol. The summed E-state index contributed by atoms with van der Waals surface area (Å²) in [6.45, 7) is 10.8. The molecule has 1 saturated heterocycles. The molecule has 2 aromatic rings. The van der Waals surface area contributed by atoms with Crippen LogP contribution in [0.25, 0.3) is 0 Å². The Bertz CT molecular complexity index is 881. The summed E-state index contributed by atoms with van der Waals surface area (Å²) in [5, 5.41) is 12.6. The lowest BCUT2D eigenvalue weighted by Crippen LogP contribution is -2.41. The van der Waals surface area contributed by atoms with Gasteiger partial charge in [-0.05, 0) is 42.8 Å². The lowest BCUT2D eigenvalue weighted by Gasteiger charge is -2.37. The van der Waals surface area contributed by atoms with Crippen molar-refractivity contribution in [2.45, 2.75) is 58.2 Å². The van der Waals surface area contributed by atoms with Gasteiger partial charge in [-0.3, -0.25) is 4.90 Å². The van der Waals surface area contributed by atoms with Gasteiger partial charge in [-0.1, -0.05) is 73.4 Å². The Balaban J connectivity index is 1.82. The molecule has 3 atom stereocenters. The molecular weight excluding hydrogens is 489 g/mol. The van der Waals surface area contributed by atoms with Crippen LogP contribution in [0.5, 0.6) is 0 Å². The van der Waals surface area contributed by atoms with Crippen molar-refractivity contribution in [1.29, 1.82) is 0 Å². The van der Waals surface area contributed by atoms with Crippen LogP contribution < -0.4 is 0 Å². The molecule has 4 nitrogen and oxygen atoms in total. The SMILES string of the molecule is C[Si]OC(O[Si]C)C(C)(C)C[C@@H](O)[C@@H]1CN(Cc2ccccc2)C[C@@H]1c1ccc(Cl)c(Cl)c1. The summed E-state index contributed by atoms with van der Waals surface area (Å²) < 4.78 is 11.8. The van der Waals surface area contributed by atoms with E-state index in [1.165, 1.54) is 5.56 Å². The Morgan fingerprint density at radius 2 is 1.70 bits per heavy atom. The van der Waals surface area contributed by atoms with Crippen LogP contribution in [0.15, 0.2) is 48.5 Å². The van der Waals surface area contributed by atoms with E-state index in [9.17, 15) is 5.11 Å². The highest BCUT2D eigenvalue weighted by atomic mass is 35.5. The van der Waals surface area contributed by atoms with E-state index in [-0.39, 0.29) is 23.5 Å². The van der Waals surface area contributed by atoms with Gasteiger partial charge in [0.05, 0.1) is 16.1 Å². The van der Waals surface area contributed by atoms with Gasteiger partial charge < -0.3 is 14.0 Å². The number of hydrogen-bond donors (Lipinski definition) is 1. The third-order valence-corrected chi connectivity index (χ3v) is 8.02. The lowest BCUT2D eigenvalue weighted by atomic mass is 9.77. The quantitative estimate of drug-likeness (QED) is 0.305. The molecule has 1 aliphatic heterocycles. The molecule has 0 spiro atoms. The fourth-order valence-corrected chi connectivity index (χ4v) is 6.28. The van der Waals surface area contributed by atoms with E-state index in [1.54, 1.807) is 0 Å². The zero-order valence-electron chi connectivity index (χ0n) is 19.7. The maximum atomic E-state index is 11.5. The van der Waals surface area contributed by atoms with Gasteiger partial charge in [0.2, 0.25) is 19.5 Å². The van der Waals surface area contributed by atoms with E-state index in [4.69, 9.17) is 32.1 Å². The van der Waals surface area contributed by atoms with Gasteiger partial charge in [0.15, 0.2) is 0 Å². The molecule has 0 unspecified atom stereocenters. The molecular formula is C25H33Cl2NO3Si2. The van der Waals surface area contributed by atoms with Crippen molar-refractivity contribution < 1.29 is 14.0 Å². The highest BCUT2D eigenvalue weighted by molar-refractivity contribution is 6.42. The zero-order chi connectivity index (χ0) is 24.0. The normalized spacial score (nSPS) is 20.5. The molecule has 4 radical (unpaired) electrons. The van der Waals surface area contributed by atoms with Crippen molar-refractivity contribution >= 4 is 42.7 Å². The molecule has 0 aromatic heterocycles. The van der Waals surface area contributed by atoms with E-state index in [2.05, 4.69) is 43.0 Å².